The van der Waals surface area contributed by atoms with Gasteiger partial charge >= 0.3 is 0 Å². The smallest absolute Gasteiger partial charge is 0.122 e. The van der Waals surface area contributed by atoms with Gasteiger partial charge in [-0.1, -0.05) is 18.2 Å². The Morgan fingerprint density at radius 1 is 1.47 bits per heavy atom. The van der Waals surface area contributed by atoms with Gasteiger partial charge in [0.15, 0.2) is 0 Å². The van der Waals surface area contributed by atoms with E-state index in [4.69, 9.17) is 15.2 Å². The number of ether oxygens (including phenoxy) is 2. The summed E-state index contributed by atoms with van der Waals surface area (Å²) < 4.78 is 10.8. The van der Waals surface area contributed by atoms with Gasteiger partial charge in [0.1, 0.15) is 5.75 Å². The summed E-state index contributed by atoms with van der Waals surface area (Å²) in [5.41, 5.74) is 7.31. The number of methoxy groups -OCH3 is 1. The van der Waals surface area contributed by atoms with Crippen LogP contribution in [0.5, 0.6) is 5.75 Å². The third-order valence-corrected chi connectivity index (χ3v) is 3.54. The van der Waals surface area contributed by atoms with E-state index in [2.05, 4.69) is 30.1 Å². The van der Waals surface area contributed by atoms with Crippen molar-refractivity contribution >= 4 is 0 Å². The first kappa shape index (κ1) is 14.3. The zero-order chi connectivity index (χ0) is 13.7. The Balaban J connectivity index is 1.93. The highest BCUT2D eigenvalue weighted by molar-refractivity contribution is 5.37. The molecule has 0 fully saturated rings. The number of rotatable bonds is 6. The van der Waals surface area contributed by atoms with Crippen molar-refractivity contribution in [3.63, 3.8) is 0 Å². The topological polar surface area (TPSA) is 47.7 Å². The predicted octanol–water partition coefficient (Wildman–Crippen LogP) is 1.46. The first-order valence-corrected chi connectivity index (χ1v) is 6.85. The molecule has 1 heterocycles. The van der Waals surface area contributed by atoms with Crippen LogP contribution in [0, 0.1) is 0 Å². The van der Waals surface area contributed by atoms with Crippen LogP contribution in [0.2, 0.25) is 0 Å². The van der Waals surface area contributed by atoms with Crippen LogP contribution in [0.1, 0.15) is 17.9 Å². The SMILES string of the molecule is COCC(N)CN(C)CC1CCOc2ccccc21. The zero-order valence-electron chi connectivity index (χ0n) is 11.8. The Morgan fingerprint density at radius 2 is 2.26 bits per heavy atom. The lowest BCUT2D eigenvalue weighted by atomic mass is 9.92. The van der Waals surface area contributed by atoms with Crippen molar-refractivity contribution in [2.24, 2.45) is 5.73 Å². The first-order valence-electron chi connectivity index (χ1n) is 6.85. The largest absolute Gasteiger partial charge is 0.493 e. The molecule has 2 N–H and O–H groups in total. The third kappa shape index (κ3) is 3.93. The summed E-state index contributed by atoms with van der Waals surface area (Å²) in [6.07, 6.45) is 1.07. The number of para-hydroxylation sites is 1. The van der Waals surface area contributed by atoms with E-state index in [0.717, 1.165) is 31.9 Å². The number of fused-ring (bicyclic) bond motifs is 1. The summed E-state index contributed by atoms with van der Waals surface area (Å²) in [4.78, 5) is 2.29. The molecule has 0 spiro atoms. The van der Waals surface area contributed by atoms with Crippen molar-refractivity contribution in [3.8, 4) is 5.75 Å². The van der Waals surface area contributed by atoms with Crippen molar-refractivity contribution in [2.75, 3.05) is 40.5 Å². The second-order valence-corrected chi connectivity index (χ2v) is 5.31. The van der Waals surface area contributed by atoms with E-state index in [1.54, 1.807) is 7.11 Å². The fourth-order valence-corrected chi connectivity index (χ4v) is 2.72. The van der Waals surface area contributed by atoms with E-state index in [9.17, 15) is 0 Å². The molecule has 0 bridgehead atoms. The fraction of sp³-hybridized carbons (Fsp3) is 0.600. The van der Waals surface area contributed by atoms with Gasteiger partial charge in [0.05, 0.1) is 13.2 Å². The van der Waals surface area contributed by atoms with Crippen molar-refractivity contribution < 1.29 is 9.47 Å². The molecule has 1 aromatic rings. The molecule has 2 rings (SSSR count). The van der Waals surface area contributed by atoms with E-state index in [-0.39, 0.29) is 6.04 Å². The summed E-state index contributed by atoms with van der Waals surface area (Å²) in [5, 5.41) is 0. The first-order chi connectivity index (χ1) is 9.20. The third-order valence-electron chi connectivity index (χ3n) is 3.54. The molecule has 4 heteroatoms. The molecular formula is C15H24N2O2. The average molecular weight is 264 g/mol. The predicted molar refractivity (Wildman–Crippen MR) is 76.6 cm³/mol. The van der Waals surface area contributed by atoms with Gasteiger partial charge in [-0.15, -0.1) is 0 Å². The number of benzene rings is 1. The van der Waals surface area contributed by atoms with Gasteiger partial charge in [-0.3, -0.25) is 0 Å². The van der Waals surface area contributed by atoms with Gasteiger partial charge in [0.2, 0.25) is 0 Å². The van der Waals surface area contributed by atoms with E-state index >= 15 is 0 Å². The minimum atomic E-state index is 0.0742. The van der Waals surface area contributed by atoms with Crippen LogP contribution in [-0.2, 0) is 4.74 Å². The van der Waals surface area contributed by atoms with Crippen LogP contribution in [0.3, 0.4) is 0 Å². The molecule has 0 radical (unpaired) electrons. The number of hydrogen-bond acceptors (Lipinski definition) is 4. The van der Waals surface area contributed by atoms with Crippen molar-refractivity contribution in [1.82, 2.24) is 4.90 Å². The van der Waals surface area contributed by atoms with E-state index in [1.807, 2.05) is 6.07 Å². The Hall–Kier alpha value is -1.10. The highest BCUT2D eigenvalue weighted by Gasteiger charge is 2.22. The second-order valence-electron chi connectivity index (χ2n) is 5.31. The molecular weight excluding hydrogens is 240 g/mol. The van der Waals surface area contributed by atoms with Crippen molar-refractivity contribution in [1.29, 1.82) is 0 Å². The molecule has 19 heavy (non-hydrogen) atoms. The molecule has 2 atom stereocenters. The zero-order valence-corrected chi connectivity index (χ0v) is 11.8. The highest BCUT2D eigenvalue weighted by Crippen LogP contribution is 2.33. The molecule has 2 unspecified atom stereocenters. The normalized spacial score (nSPS) is 19.9. The van der Waals surface area contributed by atoms with Gasteiger partial charge in [-0.2, -0.15) is 0 Å². The minimum absolute atomic E-state index is 0.0742. The van der Waals surface area contributed by atoms with Crippen molar-refractivity contribution in [2.45, 2.75) is 18.4 Å². The summed E-state index contributed by atoms with van der Waals surface area (Å²) in [6.45, 7) is 3.28. The molecule has 1 aliphatic heterocycles. The average Bonchev–Trinajstić information content (AvgIpc) is 2.39. The minimum Gasteiger partial charge on any atom is -0.493 e. The summed E-state index contributed by atoms with van der Waals surface area (Å²) >= 11 is 0. The lowest BCUT2D eigenvalue weighted by Gasteiger charge is -2.30. The molecule has 0 aliphatic carbocycles. The Bertz CT molecular complexity index is 397. The molecule has 0 amide bonds. The molecule has 1 aromatic carbocycles. The van der Waals surface area contributed by atoms with Crippen LogP contribution >= 0.6 is 0 Å². The number of likely N-dealkylation sites (N-methyl/N-ethyl adjacent to an activating group) is 1. The maximum Gasteiger partial charge on any atom is 0.122 e. The summed E-state index contributed by atoms with van der Waals surface area (Å²) in [7, 11) is 3.81. The maximum atomic E-state index is 5.99. The molecule has 106 valence electrons. The quantitative estimate of drug-likeness (QED) is 0.845. The van der Waals surface area contributed by atoms with Crippen molar-refractivity contribution in [3.05, 3.63) is 29.8 Å². The monoisotopic (exact) mass is 264 g/mol. The Labute approximate surface area is 115 Å². The molecule has 0 saturated carbocycles. The van der Waals surface area contributed by atoms with Crippen LogP contribution in [-0.4, -0.2) is 51.4 Å². The number of nitrogens with two attached hydrogens (primary N) is 1. The van der Waals surface area contributed by atoms with Gasteiger partial charge in [0.25, 0.3) is 0 Å². The standard InChI is InChI=1S/C15H24N2O2/c1-17(10-13(16)11-18-2)9-12-7-8-19-15-6-4-3-5-14(12)15/h3-6,12-13H,7-11,16H2,1-2H3. The van der Waals surface area contributed by atoms with Gasteiger partial charge in [0, 0.05) is 32.2 Å². The van der Waals surface area contributed by atoms with Gasteiger partial charge in [-0.25, -0.2) is 0 Å². The van der Waals surface area contributed by atoms with E-state index < -0.39 is 0 Å². The summed E-state index contributed by atoms with van der Waals surface area (Å²) in [5.74, 6) is 1.57. The summed E-state index contributed by atoms with van der Waals surface area (Å²) in [6, 6.07) is 8.40. The number of nitrogens with zero attached hydrogens (tertiary/aromatic N) is 1. The lowest BCUT2D eigenvalue weighted by Crippen LogP contribution is -2.40. The van der Waals surface area contributed by atoms with Gasteiger partial charge < -0.3 is 20.1 Å². The fourth-order valence-electron chi connectivity index (χ4n) is 2.72. The highest BCUT2D eigenvalue weighted by atomic mass is 16.5. The molecule has 4 nitrogen and oxygen atoms in total. The Morgan fingerprint density at radius 3 is 3.05 bits per heavy atom. The Kier molecular flexibility index (Phi) is 5.19. The van der Waals surface area contributed by atoms with E-state index in [0.29, 0.717) is 12.5 Å². The van der Waals surface area contributed by atoms with Gasteiger partial charge in [-0.05, 0) is 25.1 Å². The number of hydrogen-bond donors (Lipinski definition) is 1. The van der Waals surface area contributed by atoms with Crippen LogP contribution in [0.4, 0.5) is 0 Å². The van der Waals surface area contributed by atoms with Crippen LogP contribution in [0.25, 0.3) is 0 Å². The molecule has 1 aliphatic rings. The van der Waals surface area contributed by atoms with E-state index in [1.165, 1.54) is 5.56 Å². The maximum absolute atomic E-state index is 5.99. The second kappa shape index (κ2) is 6.89. The molecule has 0 aromatic heterocycles. The van der Waals surface area contributed by atoms with Crippen LogP contribution < -0.4 is 10.5 Å². The molecule has 0 saturated heterocycles. The van der Waals surface area contributed by atoms with Crippen LogP contribution in [0.15, 0.2) is 24.3 Å². The lowest BCUT2D eigenvalue weighted by molar-refractivity contribution is 0.156.